The van der Waals surface area contributed by atoms with Gasteiger partial charge in [0.05, 0.1) is 5.75 Å². The van der Waals surface area contributed by atoms with E-state index in [-0.39, 0.29) is 18.4 Å². The zero-order valence-electron chi connectivity index (χ0n) is 24.1. The molecule has 0 aliphatic rings. The quantitative estimate of drug-likeness (QED) is 0.130. The van der Waals surface area contributed by atoms with E-state index in [2.05, 4.69) is 22.8 Å². The average molecular weight is 611 g/mol. The van der Waals surface area contributed by atoms with Gasteiger partial charge in [0, 0.05) is 34.7 Å². The van der Waals surface area contributed by atoms with Gasteiger partial charge in [0.1, 0.15) is 11.3 Å². The van der Waals surface area contributed by atoms with Crippen molar-refractivity contribution in [2.45, 2.75) is 25.7 Å². The fraction of sp³-hybridized carbons (Fsp3) is 0.200. The number of furan rings is 1. The molecule has 5 rings (SSSR count). The van der Waals surface area contributed by atoms with Crippen molar-refractivity contribution in [1.82, 2.24) is 5.32 Å². The molecule has 44 heavy (non-hydrogen) atoms. The molecule has 0 aliphatic carbocycles. The molecule has 0 bridgehead atoms. The van der Waals surface area contributed by atoms with E-state index in [4.69, 9.17) is 8.97 Å². The van der Waals surface area contributed by atoms with Crippen LogP contribution in [0.15, 0.2) is 114 Å². The number of rotatable bonds is 13. The van der Waals surface area contributed by atoms with E-state index in [1.807, 2.05) is 72.8 Å². The number of benzene rings is 4. The summed E-state index contributed by atoms with van der Waals surface area (Å²) < 4.78 is 36.6. The normalized spacial score (nSPS) is 12.1. The minimum Gasteiger partial charge on any atom is -0.456 e. The van der Waals surface area contributed by atoms with Crippen LogP contribution in [-0.4, -0.2) is 37.1 Å². The van der Waals surface area contributed by atoms with Gasteiger partial charge in [-0.05, 0) is 85.3 Å². The lowest BCUT2D eigenvalue weighted by molar-refractivity contribution is -0.120. The van der Waals surface area contributed by atoms with Crippen LogP contribution in [0.2, 0.25) is 0 Å². The van der Waals surface area contributed by atoms with Crippen molar-refractivity contribution in [3.8, 4) is 11.3 Å². The number of hydrogen-bond acceptors (Lipinski definition) is 5. The van der Waals surface area contributed by atoms with Crippen LogP contribution in [0, 0.1) is 5.92 Å². The zero-order valence-corrected chi connectivity index (χ0v) is 24.9. The third-order valence-corrected chi connectivity index (χ3v) is 8.16. The zero-order chi connectivity index (χ0) is 30.9. The van der Waals surface area contributed by atoms with E-state index in [1.165, 1.54) is 5.56 Å². The second-order valence-electron chi connectivity index (χ2n) is 10.7. The van der Waals surface area contributed by atoms with Gasteiger partial charge in [0.2, 0.25) is 5.91 Å². The van der Waals surface area contributed by atoms with Crippen LogP contribution < -0.4 is 10.6 Å². The molecule has 0 saturated heterocycles. The fourth-order valence-electron chi connectivity index (χ4n) is 5.08. The first-order valence-corrected chi connectivity index (χ1v) is 16.1. The Bertz CT molecular complexity index is 1780. The second kappa shape index (κ2) is 14.2. The van der Waals surface area contributed by atoms with E-state index in [0.717, 1.165) is 40.7 Å². The summed E-state index contributed by atoms with van der Waals surface area (Å²) in [5.74, 6) is -0.620. The van der Waals surface area contributed by atoms with Crippen molar-refractivity contribution in [3.63, 3.8) is 0 Å². The van der Waals surface area contributed by atoms with Gasteiger partial charge in [-0.2, -0.15) is 8.42 Å². The monoisotopic (exact) mass is 610 g/mol. The summed E-state index contributed by atoms with van der Waals surface area (Å²) in [4.78, 5) is 25.9. The largest absolute Gasteiger partial charge is 0.456 e. The second-order valence-corrected chi connectivity index (χ2v) is 12.3. The highest BCUT2D eigenvalue weighted by Gasteiger charge is 2.20. The van der Waals surface area contributed by atoms with E-state index in [0.29, 0.717) is 24.1 Å². The van der Waals surface area contributed by atoms with Gasteiger partial charge in [-0.15, -0.1) is 0 Å². The summed E-state index contributed by atoms with van der Waals surface area (Å²) in [6.45, 7) is -0.192. The van der Waals surface area contributed by atoms with Crippen LogP contribution >= 0.6 is 0 Å². The Morgan fingerprint density at radius 3 is 2.23 bits per heavy atom. The Balaban J connectivity index is 1.24. The van der Waals surface area contributed by atoms with Crippen molar-refractivity contribution in [1.29, 1.82) is 0 Å². The Kier molecular flexibility index (Phi) is 9.89. The van der Waals surface area contributed by atoms with Gasteiger partial charge >= 0.3 is 0 Å². The third-order valence-electron chi connectivity index (χ3n) is 7.44. The molecule has 5 aromatic rings. The minimum atomic E-state index is -4.16. The molecular weight excluding hydrogens is 576 g/mol. The number of anilines is 1. The summed E-state index contributed by atoms with van der Waals surface area (Å²) in [5, 5.41) is 6.59. The molecule has 0 spiro atoms. The van der Waals surface area contributed by atoms with Crippen LogP contribution in [0.1, 0.15) is 34.3 Å². The minimum absolute atomic E-state index is 0.0819. The first-order valence-electron chi connectivity index (χ1n) is 14.5. The van der Waals surface area contributed by atoms with Crippen molar-refractivity contribution in [3.05, 3.63) is 126 Å². The fourth-order valence-corrected chi connectivity index (χ4v) is 5.44. The maximum atomic E-state index is 13.5. The molecule has 4 aromatic carbocycles. The molecule has 1 atom stereocenters. The van der Waals surface area contributed by atoms with E-state index >= 15 is 0 Å². The topological polar surface area (TPSA) is 126 Å². The molecule has 3 N–H and O–H groups in total. The molecule has 226 valence electrons. The number of fused-ring (bicyclic) bond motifs is 1. The lowest BCUT2D eigenvalue weighted by atomic mass is 9.91. The summed E-state index contributed by atoms with van der Waals surface area (Å²) in [5.41, 5.74) is 4.92. The maximum absolute atomic E-state index is 13.5. The predicted molar refractivity (Wildman–Crippen MR) is 172 cm³/mol. The van der Waals surface area contributed by atoms with Crippen LogP contribution in [-0.2, 0) is 27.8 Å². The highest BCUT2D eigenvalue weighted by Crippen LogP contribution is 2.29. The lowest BCUT2D eigenvalue weighted by Gasteiger charge is -2.18. The molecule has 1 unspecified atom stereocenters. The van der Waals surface area contributed by atoms with E-state index < -0.39 is 21.8 Å². The van der Waals surface area contributed by atoms with Crippen molar-refractivity contribution >= 4 is 38.6 Å². The molecule has 0 fully saturated rings. The highest BCUT2D eigenvalue weighted by molar-refractivity contribution is 7.85. The SMILES string of the molecule is O=C(NCCS(=O)(=O)O)c1ccc(CC(CCCc2ccccc2)C(=O)Nc2ccc(-c3cc4ccccc4o3)cc2)cc1. The first-order chi connectivity index (χ1) is 21.2. The Labute approximate surface area is 256 Å². The average Bonchev–Trinajstić information content (AvgIpc) is 3.46. The molecule has 0 saturated carbocycles. The van der Waals surface area contributed by atoms with Gasteiger partial charge in [-0.25, -0.2) is 0 Å². The number of carbonyl (C=O) groups excluding carboxylic acids is 2. The Morgan fingerprint density at radius 1 is 0.818 bits per heavy atom. The van der Waals surface area contributed by atoms with Crippen molar-refractivity contribution in [2.24, 2.45) is 5.92 Å². The summed E-state index contributed by atoms with van der Waals surface area (Å²) in [6.07, 6.45) is 2.86. The summed E-state index contributed by atoms with van der Waals surface area (Å²) in [7, 11) is -4.16. The van der Waals surface area contributed by atoms with Crippen molar-refractivity contribution < 1.29 is 27.0 Å². The predicted octanol–water partition coefficient (Wildman–Crippen LogP) is 6.54. The van der Waals surface area contributed by atoms with Crippen LogP contribution in [0.25, 0.3) is 22.3 Å². The standard InChI is InChI=1S/C35H34N2O6S/c38-34(36-21-22-44(40,41)42)28-15-13-26(14-16-28)23-30(11-6-9-25-7-2-1-3-8-25)35(39)37-31-19-17-27(18-20-31)33-24-29-10-4-5-12-32(29)43-33/h1-5,7-8,10,12-20,24,30H,6,9,11,21-23H2,(H,36,38)(H,37,39)(H,40,41,42). The third kappa shape index (κ3) is 8.65. The van der Waals surface area contributed by atoms with Gasteiger partial charge in [-0.1, -0.05) is 60.7 Å². The number of nitrogens with one attached hydrogen (secondary N) is 2. The van der Waals surface area contributed by atoms with Gasteiger partial charge < -0.3 is 15.1 Å². The number of amides is 2. The Hall–Kier alpha value is -4.73. The number of carbonyl (C=O) groups is 2. The number of hydrogen-bond donors (Lipinski definition) is 3. The molecule has 9 heteroatoms. The van der Waals surface area contributed by atoms with E-state index in [9.17, 15) is 18.0 Å². The number of para-hydroxylation sites is 1. The smallest absolute Gasteiger partial charge is 0.266 e. The molecule has 0 radical (unpaired) electrons. The molecule has 1 heterocycles. The molecule has 2 amide bonds. The van der Waals surface area contributed by atoms with E-state index in [1.54, 1.807) is 24.3 Å². The van der Waals surface area contributed by atoms with Crippen LogP contribution in [0.5, 0.6) is 0 Å². The van der Waals surface area contributed by atoms with Gasteiger partial charge in [0.25, 0.3) is 16.0 Å². The summed E-state index contributed by atoms with van der Waals surface area (Å²) >= 11 is 0. The highest BCUT2D eigenvalue weighted by atomic mass is 32.2. The maximum Gasteiger partial charge on any atom is 0.266 e. The van der Waals surface area contributed by atoms with Crippen LogP contribution in [0.3, 0.4) is 0 Å². The van der Waals surface area contributed by atoms with Crippen molar-refractivity contribution in [2.75, 3.05) is 17.6 Å². The lowest BCUT2D eigenvalue weighted by Crippen LogP contribution is -2.29. The molecule has 8 nitrogen and oxygen atoms in total. The Morgan fingerprint density at radius 2 is 1.52 bits per heavy atom. The number of aryl methyl sites for hydroxylation is 1. The molecular formula is C35H34N2O6S. The summed E-state index contributed by atoms with van der Waals surface area (Å²) in [6, 6.07) is 34.5. The molecule has 1 aromatic heterocycles. The van der Waals surface area contributed by atoms with Gasteiger partial charge in [0.15, 0.2) is 0 Å². The molecule has 0 aliphatic heterocycles. The van der Waals surface area contributed by atoms with Gasteiger partial charge in [-0.3, -0.25) is 14.1 Å². The first kappa shape index (κ1) is 30.7. The van der Waals surface area contributed by atoms with Crippen LogP contribution in [0.4, 0.5) is 5.69 Å².